The number of nitrogens with one attached hydrogen (secondary N) is 1. The molecule has 0 radical (unpaired) electrons. The van der Waals surface area contributed by atoms with Crippen LogP contribution in [-0.2, 0) is 6.54 Å². The predicted molar refractivity (Wildman–Crippen MR) is 67.8 cm³/mol. The molecule has 17 heavy (non-hydrogen) atoms. The highest BCUT2D eigenvalue weighted by molar-refractivity contribution is 5.25. The molecular formula is C14H21NO2. The van der Waals surface area contributed by atoms with E-state index in [1.165, 1.54) is 12.0 Å². The summed E-state index contributed by atoms with van der Waals surface area (Å²) in [5.41, 5.74) is 1.18. The molecule has 94 valence electrons. The van der Waals surface area contributed by atoms with Crippen LogP contribution in [0.15, 0.2) is 24.3 Å². The highest BCUT2D eigenvalue weighted by Gasteiger charge is 2.19. The van der Waals surface area contributed by atoms with Crippen LogP contribution in [0.4, 0.5) is 0 Å². The van der Waals surface area contributed by atoms with Crippen LogP contribution in [0.1, 0.15) is 31.2 Å². The van der Waals surface area contributed by atoms with Crippen molar-refractivity contribution in [3.05, 3.63) is 29.8 Å². The third-order valence-electron chi connectivity index (χ3n) is 3.45. The fourth-order valence-electron chi connectivity index (χ4n) is 2.48. The Kier molecular flexibility index (Phi) is 4.40. The minimum absolute atomic E-state index is 0.0933. The van der Waals surface area contributed by atoms with Crippen molar-refractivity contribution in [1.82, 2.24) is 5.32 Å². The van der Waals surface area contributed by atoms with Crippen molar-refractivity contribution in [2.24, 2.45) is 5.92 Å². The van der Waals surface area contributed by atoms with E-state index in [-0.39, 0.29) is 6.10 Å². The molecular weight excluding hydrogens is 214 g/mol. The van der Waals surface area contributed by atoms with E-state index in [9.17, 15) is 5.11 Å². The highest BCUT2D eigenvalue weighted by atomic mass is 16.3. The van der Waals surface area contributed by atoms with Crippen LogP contribution in [0, 0.1) is 5.92 Å². The molecule has 1 aliphatic rings. The summed E-state index contributed by atoms with van der Waals surface area (Å²) in [6, 6.07) is 7.28. The van der Waals surface area contributed by atoms with E-state index < -0.39 is 0 Å². The molecule has 3 nitrogen and oxygen atoms in total. The van der Waals surface area contributed by atoms with E-state index in [2.05, 4.69) is 5.32 Å². The Balaban J connectivity index is 1.70. The van der Waals surface area contributed by atoms with Crippen molar-refractivity contribution in [3.8, 4) is 5.75 Å². The topological polar surface area (TPSA) is 52.5 Å². The Labute approximate surface area is 102 Å². The lowest BCUT2D eigenvalue weighted by Gasteiger charge is -2.26. The van der Waals surface area contributed by atoms with Gasteiger partial charge >= 0.3 is 0 Å². The zero-order chi connectivity index (χ0) is 12.1. The number of aliphatic hydroxyl groups is 1. The molecule has 0 aliphatic heterocycles. The molecule has 2 rings (SSSR count). The molecule has 1 saturated carbocycles. The number of benzene rings is 1. The maximum atomic E-state index is 9.57. The number of hydrogen-bond donors (Lipinski definition) is 3. The van der Waals surface area contributed by atoms with Gasteiger partial charge in [-0.2, -0.15) is 0 Å². The van der Waals surface area contributed by atoms with Crippen molar-refractivity contribution < 1.29 is 10.2 Å². The SMILES string of the molecule is Oc1ccc(CNCC2CCCC(O)C2)cc1. The zero-order valence-electron chi connectivity index (χ0n) is 10.1. The van der Waals surface area contributed by atoms with Crippen LogP contribution in [-0.4, -0.2) is 22.9 Å². The normalized spacial score (nSPS) is 24.8. The average Bonchev–Trinajstić information content (AvgIpc) is 2.32. The number of aromatic hydroxyl groups is 1. The molecule has 1 aromatic carbocycles. The number of phenolic OH excluding ortho intramolecular Hbond substituents is 1. The fourth-order valence-corrected chi connectivity index (χ4v) is 2.48. The third-order valence-corrected chi connectivity index (χ3v) is 3.45. The van der Waals surface area contributed by atoms with E-state index in [1.54, 1.807) is 12.1 Å². The smallest absolute Gasteiger partial charge is 0.115 e. The van der Waals surface area contributed by atoms with Crippen molar-refractivity contribution in [3.63, 3.8) is 0 Å². The molecule has 2 atom stereocenters. The van der Waals surface area contributed by atoms with E-state index in [1.807, 2.05) is 12.1 Å². The Morgan fingerprint density at radius 1 is 1.18 bits per heavy atom. The molecule has 0 heterocycles. The molecule has 3 heteroatoms. The Hall–Kier alpha value is -1.06. The summed E-state index contributed by atoms with van der Waals surface area (Å²) in [4.78, 5) is 0. The first-order valence-electron chi connectivity index (χ1n) is 6.41. The van der Waals surface area contributed by atoms with Gasteiger partial charge in [0.05, 0.1) is 6.10 Å². The highest BCUT2D eigenvalue weighted by Crippen LogP contribution is 2.23. The number of hydrogen-bond acceptors (Lipinski definition) is 3. The Bertz CT molecular complexity index is 337. The molecule has 0 spiro atoms. The standard InChI is InChI=1S/C14H21NO2/c16-13-6-4-11(5-7-13)9-15-10-12-2-1-3-14(17)8-12/h4-7,12,14-17H,1-3,8-10H2. The molecule has 0 amide bonds. The third kappa shape index (κ3) is 4.02. The number of phenols is 1. The van der Waals surface area contributed by atoms with Crippen LogP contribution in [0.5, 0.6) is 5.75 Å². The number of rotatable bonds is 4. The number of aliphatic hydroxyl groups excluding tert-OH is 1. The van der Waals surface area contributed by atoms with E-state index in [4.69, 9.17) is 5.11 Å². The molecule has 0 aromatic heterocycles. The molecule has 3 N–H and O–H groups in total. The first kappa shape index (κ1) is 12.4. The van der Waals surface area contributed by atoms with Gasteiger partial charge in [0.15, 0.2) is 0 Å². The van der Waals surface area contributed by atoms with Gasteiger partial charge in [-0.15, -0.1) is 0 Å². The Morgan fingerprint density at radius 3 is 2.65 bits per heavy atom. The molecule has 0 saturated heterocycles. The van der Waals surface area contributed by atoms with Gasteiger partial charge in [0.2, 0.25) is 0 Å². The van der Waals surface area contributed by atoms with E-state index in [0.717, 1.165) is 32.4 Å². The van der Waals surface area contributed by atoms with Gasteiger partial charge in [-0.1, -0.05) is 18.6 Å². The van der Waals surface area contributed by atoms with Crippen molar-refractivity contribution >= 4 is 0 Å². The van der Waals surface area contributed by atoms with Crippen LogP contribution >= 0.6 is 0 Å². The summed E-state index contributed by atoms with van der Waals surface area (Å²) in [7, 11) is 0. The van der Waals surface area contributed by atoms with E-state index in [0.29, 0.717) is 11.7 Å². The summed E-state index contributed by atoms with van der Waals surface area (Å²) >= 11 is 0. The van der Waals surface area contributed by atoms with Gasteiger partial charge in [0.25, 0.3) is 0 Å². The monoisotopic (exact) mass is 235 g/mol. The second-order valence-electron chi connectivity index (χ2n) is 4.98. The summed E-state index contributed by atoms with van der Waals surface area (Å²) < 4.78 is 0. The first-order valence-corrected chi connectivity index (χ1v) is 6.41. The van der Waals surface area contributed by atoms with Gasteiger partial charge in [-0.05, 0) is 49.4 Å². The van der Waals surface area contributed by atoms with Gasteiger partial charge in [0, 0.05) is 6.54 Å². The summed E-state index contributed by atoms with van der Waals surface area (Å²) in [6.45, 7) is 1.80. The second-order valence-corrected chi connectivity index (χ2v) is 4.98. The van der Waals surface area contributed by atoms with E-state index >= 15 is 0 Å². The molecule has 1 aliphatic carbocycles. The van der Waals surface area contributed by atoms with Crippen molar-refractivity contribution in [1.29, 1.82) is 0 Å². The van der Waals surface area contributed by atoms with Crippen LogP contribution < -0.4 is 5.32 Å². The van der Waals surface area contributed by atoms with Gasteiger partial charge in [0.1, 0.15) is 5.75 Å². The van der Waals surface area contributed by atoms with Crippen LogP contribution in [0.2, 0.25) is 0 Å². The largest absolute Gasteiger partial charge is 0.508 e. The first-order chi connectivity index (χ1) is 8.24. The predicted octanol–water partition coefficient (Wildman–Crippen LogP) is 2.03. The summed E-state index contributed by atoms with van der Waals surface area (Å²) in [6.07, 6.45) is 4.17. The lowest BCUT2D eigenvalue weighted by Crippen LogP contribution is -2.28. The average molecular weight is 235 g/mol. The second kappa shape index (κ2) is 6.03. The maximum absolute atomic E-state index is 9.57. The summed E-state index contributed by atoms with van der Waals surface area (Å²) in [5, 5.41) is 22.2. The lowest BCUT2D eigenvalue weighted by atomic mass is 9.87. The van der Waals surface area contributed by atoms with Crippen molar-refractivity contribution in [2.45, 2.75) is 38.3 Å². The van der Waals surface area contributed by atoms with Gasteiger partial charge < -0.3 is 15.5 Å². The van der Waals surface area contributed by atoms with Crippen LogP contribution in [0.25, 0.3) is 0 Å². The summed E-state index contributed by atoms with van der Waals surface area (Å²) in [5.74, 6) is 0.917. The zero-order valence-corrected chi connectivity index (χ0v) is 10.1. The van der Waals surface area contributed by atoms with Crippen molar-refractivity contribution in [2.75, 3.05) is 6.54 Å². The molecule has 1 aromatic rings. The minimum Gasteiger partial charge on any atom is -0.508 e. The van der Waals surface area contributed by atoms with Gasteiger partial charge in [-0.25, -0.2) is 0 Å². The maximum Gasteiger partial charge on any atom is 0.115 e. The molecule has 0 bridgehead atoms. The Morgan fingerprint density at radius 2 is 1.94 bits per heavy atom. The lowest BCUT2D eigenvalue weighted by molar-refractivity contribution is 0.101. The minimum atomic E-state index is -0.0933. The molecule has 1 fully saturated rings. The quantitative estimate of drug-likeness (QED) is 0.748. The fraction of sp³-hybridized carbons (Fsp3) is 0.571. The van der Waals surface area contributed by atoms with Gasteiger partial charge in [-0.3, -0.25) is 0 Å². The molecule has 2 unspecified atom stereocenters. The van der Waals surface area contributed by atoms with Crippen LogP contribution in [0.3, 0.4) is 0 Å².